The summed E-state index contributed by atoms with van der Waals surface area (Å²) in [6.07, 6.45) is 0.0750. The number of carboxylic acids is 1. The van der Waals surface area contributed by atoms with Gasteiger partial charge in [-0.15, -0.1) is 0 Å². The van der Waals surface area contributed by atoms with Gasteiger partial charge in [-0.1, -0.05) is 48.5 Å². The summed E-state index contributed by atoms with van der Waals surface area (Å²) in [5, 5.41) is 8.77. The number of esters is 1. The van der Waals surface area contributed by atoms with E-state index in [2.05, 4.69) is 34.6 Å². The van der Waals surface area contributed by atoms with Gasteiger partial charge in [0.2, 0.25) is 10.6 Å². The molecule has 0 saturated heterocycles. The first-order valence-corrected chi connectivity index (χ1v) is 14.4. The molecule has 2 aromatic carbocycles. The number of carboxylic acid groups (broad SMARTS) is 1. The minimum atomic E-state index is -0.918. The zero-order chi connectivity index (χ0) is 33.8. The maximum atomic E-state index is 12.2. The maximum absolute atomic E-state index is 12.2. The lowest BCUT2D eigenvalue weighted by atomic mass is 10.1. The van der Waals surface area contributed by atoms with Crippen LogP contribution in [-0.4, -0.2) is 63.2 Å². The molecule has 6 aromatic rings. The fraction of sp³-hybridized carbons (Fsp3) is 0.172. The second-order valence-electron chi connectivity index (χ2n) is 10.1. The predicted molar refractivity (Wildman–Crippen MR) is 173 cm³/mol. The SMILES string of the molecule is COC(=O)Cc1cccc(Cn2c(=O)[nH]c3c(N)nc(Cl)nc32)c1.Nc1nc(Cl)nc2c1[nH]c(=O)n2Cc1cccc(CC(=O)O)c1. The van der Waals surface area contributed by atoms with Crippen molar-refractivity contribution in [1.82, 2.24) is 39.0 Å². The fourth-order valence-corrected chi connectivity index (χ4v) is 5.14. The van der Waals surface area contributed by atoms with E-state index in [1.165, 1.54) is 16.2 Å². The minimum Gasteiger partial charge on any atom is -0.481 e. The van der Waals surface area contributed by atoms with Gasteiger partial charge in [0.15, 0.2) is 22.9 Å². The summed E-state index contributed by atoms with van der Waals surface area (Å²) in [5.74, 6) is -1.04. The van der Waals surface area contributed by atoms with E-state index < -0.39 is 11.7 Å². The fourth-order valence-electron chi connectivity index (χ4n) is 4.80. The molecule has 0 atom stereocenters. The van der Waals surface area contributed by atoms with E-state index in [-0.39, 0.29) is 59.8 Å². The molecule has 0 aliphatic heterocycles. The van der Waals surface area contributed by atoms with Gasteiger partial charge in [-0.3, -0.25) is 18.7 Å². The van der Waals surface area contributed by atoms with Gasteiger partial charge in [-0.05, 0) is 45.5 Å². The van der Waals surface area contributed by atoms with Crippen LogP contribution in [0.5, 0.6) is 0 Å². The van der Waals surface area contributed by atoms with Crippen LogP contribution in [0.3, 0.4) is 0 Å². The van der Waals surface area contributed by atoms with E-state index >= 15 is 0 Å². The number of aromatic nitrogens is 8. The van der Waals surface area contributed by atoms with Crippen LogP contribution in [0.4, 0.5) is 11.6 Å². The molecular formula is C29H26Cl2N10O6. The summed E-state index contributed by atoms with van der Waals surface area (Å²) >= 11 is 11.6. The number of nitrogens with zero attached hydrogens (tertiary/aromatic N) is 6. The van der Waals surface area contributed by atoms with Crippen LogP contribution in [0.1, 0.15) is 22.3 Å². The monoisotopic (exact) mass is 680 g/mol. The number of aliphatic carboxylic acids is 1. The lowest BCUT2D eigenvalue weighted by Gasteiger charge is -2.06. The van der Waals surface area contributed by atoms with Gasteiger partial charge >= 0.3 is 23.3 Å². The van der Waals surface area contributed by atoms with E-state index in [1.807, 2.05) is 24.3 Å². The number of anilines is 2. The van der Waals surface area contributed by atoms with Crippen molar-refractivity contribution in [3.05, 3.63) is 102 Å². The summed E-state index contributed by atoms with van der Waals surface area (Å²) in [7, 11) is 1.34. The van der Waals surface area contributed by atoms with Crippen LogP contribution in [-0.2, 0) is 40.3 Å². The van der Waals surface area contributed by atoms with Crippen molar-refractivity contribution >= 4 is 69.1 Å². The highest BCUT2D eigenvalue weighted by molar-refractivity contribution is 6.29. The van der Waals surface area contributed by atoms with E-state index in [0.717, 1.165) is 16.7 Å². The number of rotatable bonds is 8. The molecule has 0 bridgehead atoms. The summed E-state index contributed by atoms with van der Waals surface area (Å²) in [6.45, 7) is 0.458. The van der Waals surface area contributed by atoms with Crippen LogP contribution in [0.25, 0.3) is 22.3 Å². The molecule has 0 fully saturated rings. The van der Waals surface area contributed by atoms with Gasteiger partial charge in [0.05, 0.1) is 33.0 Å². The highest BCUT2D eigenvalue weighted by Gasteiger charge is 2.15. The molecule has 0 radical (unpaired) electrons. The Morgan fingerprint density at radius 2 is 1.19 bits per heavy atom. The lowest BCUT2D eigenvalue weighted by Crippen LogP contribution is -2.18. The van der Waals surface area contributed by atoms with Crippen molar-refractivity contribution in [1.29, 1.82) is 0 Å². The normalized spacial score (nSPS) is 11.0. The Morgan fingerprint density at radius 1 is 0.766 bits per heavy atom. The number of ether oxygens (including phenoxy) is 1. The quantitative estimate of drug-likeness (QED) is 0.115. The van der Waals surface area contributed by atoms with Crippen LogP contribution < -0.4 is 22.8 Å². The van der Waals surface area contributed by atoms with Gasteiger partial charge in [0, 0.05) is 0 Å². The molecule has 0 aliphatic rings. The number of aromatic amines is 2. The second kappa shape index (κ2) is 13.7. The predicted octanol–water partition coefficient (Wildman–Crippen LogP) is 2.15. The van der Waals surface area contributed by atoms with E-state index in [9.17, 15) is 19.2 Å². The first-order valence-electron chi connectivity index (χ1n) is 13.7. The maximum Gasteiger partial charge on any atom is 0.328 e. The number of imidazole rings is 2. The number of nitrogen functional groups attached to an aromatic ring is 2. The number of carbonyl (C=O) groups excluding carboxylic acids is 1. The molecule has 47 heavy (non-hydrogen) atoms. The van der Waals surface area contributed by atoms with Crippen molar-refractivity contribution in [3.8, 4) is 0 Å². The van der Waals surface area contributed by atoms with Gasteiger partial charge in [0.25, 0.3) is 0 Å². The number of benzene rings is 2. The molecule has 0 aliphatic carbocycles. The Hall–Kier alpha value is -5.74. The molecule has 7 N–H and O–H groups in total. The van der Waals surface area contributed by atoms with Crippen molar-refractivity contribution in [3.63, 3.8) is 0 Å². The average Bonchev–Trinajstić information content (AvgIpc) is 3.49. The molecule has 16 nitrogen and oxygen atoms in total. The molecule has 4 heterocycles. The third kappa shape index (κ3) is 7.57. The lowest BCUT2D eigenvalue weighted by molar-refractivity contribution is -0.140. The van der Waals surface area contributed by atoms with Gasteiger partial charge in [-0.25, -0.2) is 9.59 Å². The van der Waals surface area contributed by atoms with Crippen LogP contribution in [0.15, 0.2) is 58.1 Å². The van der Waals surface area contributed by atoms with E-state index in [1.54, 1.807) is 24.3 Å². The highest BCUT2D eigenvalue weighted by atomic mass is 35.5. The number of methoxy groups -OCH3 is 1. The van der Waals surface area contributed by atoms with Gasteiger partial charge < -0.3 is 31.3 Å². The third-order valence-corrected chi connectivity index (χ3v) is 7.18. The van der Waals surface area contributed by atoms with Gasteiger partial charge in [-0.2, -0.15) is 19.9 Å². The highest BCUT2D eigenvalue weighted by Crippen LogP contribution is 2.19. The largest absolute Gasteiger partial charge is 0.481 e. The molecule has 0 unspecified atom stereocenters. The average molecular weight is 681 g/mol. The Balaban J connectivity index is 0.000000185. The van der Waals surface area contributed by atoms with Crippen molar-refractivity contribution in [2.45, 2.75) is 25.9 Å². The van der Waals surface area contributed by atoms with Crippen molar-refractivity contribution < 1.29 is 19.4 Å². The first kappa shape index (κ1) is 32.6. The van der Waals surface area contributed by atoms with E-state index in [0.29, 0.717) is 27.9 Å². The Bertz CT molecular complexity index is 2260. The number of nitrogens with one attached hydrogen (secondary N) is 2. The van der Waals surface area contributed by atoms with Crippen molar-refractivity contribution in [2.75, 3.05) is 18.6 Å². The molecule has 18 heteroatoms. The van der Waals surface area contributed by atoms with Crippen LogP contribution >= 0.6 is 23.2 Å². The Labute approximate surface area is 274 Å². The standard InChI is InChI=1S/C15H14ClN5O3.C14H12ClN5O3/c1-24-10(22)6-8-3-2-4-9(5-8)7-21-13-11(18-15(21)23)12(17)19-14(16)20-13;15-13-18-11(16)10-12(19-13)20(14(23)17-10)6-8-3-1-2-7(4-8)5-9(21)22/h2-5H,6-7H2,1H3,(H,18,23)(H2,17,19,20);1-4H,5-6H2,(H,17,23)(H,21,22)(H2,16,18,19). The number of nitrogens with two attached hydrogens (primary N) is 2. The smallest absolute Gasteiger partial charge is 0.328 e. The number of halogens is 2. The molecule has 0 saturated carbocycles. The number of H-pyrrole nitrogens is 2. The zero-order valence-electron chi connectivity index (χ0n) is 24.5. The molecule has 0 spiro atoms. The zero-order valence-corrected chi connectivity index (χ0v) is 26.0. The van der Waals surface area contributed by atoms with Crippen molar-refractivity contribution in [2.24, 2.45) is 0 Å². The topological polar surface area (TPSA) is 243 Å². The summed E-state index contributed by atoms with van der Waals surface area (Å²) < 4.78 is 7.45. The Morgan fingerprint density at radius 3 is 1.62 bits per heavy atom. The number of carbonyl (C=O) groups is 2. The molecule has 242 valence electrons. The number of hydrogen-bond donors (Lipinski definition) is 5. The first-order chi connectivity index (χ1) is 22.4. The van der Waals surface area contributed by atoms with E-state index in [4.69, 9.17) is 39.8 Å². The molecule has 6 rings (SSSR count). The number of fused-ring (bicyclic) bond motifs is 2. The summed E-state index contributed by atoms with van der Waals surface area (Å²) in [5.41, 5.74) is 15.0. The van der Waals surface area contributed by atoms with Gasteiger partial charge in [0.1, 0.15) is 11.0 Å². The Kier molecular flexibility index (Phi) is 9.53. The molecular weight excluding hydrogens is 655 g/mol. The van der Waals surface area contributed by atoms with Crippen LogP contribution in [0.2, 0.25) is 10.6 Å². The second-order valence-corrected chi connectivity index (χ2v) is 10.8. The molecule has 4 aromatic heterocycles. The van der Waals surface area contributed by atoms with Crippen LogP contribution in [0, 0.1) is 0 Å². The third-order valence-electron chi connectivity index (χ3n) is 6.84. The number of hydrogen-bond acceptors (Lipinski definition) is 11. The summed E-state index contributed by atoms with van der Waals surface area (Å²) in [4.78, 5) is 67.4. The molecule has 0 amide bonds. The minimum absolute atomic E-state index is 0.0350. The summed E-state index contributed by atoms with van der Waals surface area (Å²) in [6, 6.07) is 14.3.